The molecule has 0 bridgehead atoms. The molecular formula is C15H15FN4S. The molecule has 0 spiro atoms. The first-order chi connectivity index (χ1) is 10.2. The lowest BCUT2D eigenvalue weighted by molar-refractivity contribution is 0.610. The number of guanidine groups is 1. The number of thiophene rings is 1. The first-order valence-corrected chi connectivity index (χ1v) is 7.31. The molecule has 1 aromatic heterocycles. The Morgan fingerprint density at radius 2 is 2.29 bits per heavy atom. The zero-order valence-electron chi connectivity index (χ0n) is 11.3. The van der Waals surface area contributed by atoms with Gasteiger partial charge in [0, 0.05) is 17.0 Å². The maximum Gasteiger partial charge on any atom is 0.188 e. The highest BCUT2D eigenvalue weighted by molar-refractivity contribution is 7.09. The highest BCUT2D eigenvalue weighted by Gasteiger charge is 2.03. The molecule has 1 heterocycles. The second-order valence-electron chi connectivity index (χ2n) is 4.38. The van der Waals surface area contributed by atoms with Gasteiger partial charge in [0.2, 0.25) is 0 Å². The number of nitrogens with two attached hydrogens (primary N) is 1. The van der Waals surface area contributed by atoms with Crippen molar-refractivity contribution in [3.63, 3.8) is 0 Å². The van der Waals surface area contributed by atoms with Crippen molar-refractivity contribution < 1.29 is 4.39 Å². The largest absolute Gasteiger partial charge is 0.370 e. The number of nitriles is 1. The van der Waals surface area contributed by atoms with E-state index in [1.54, 1.807) is 11.3 Å². The Hall–Kier alpha value is -2.39. The van der Waals surface area contributed by atoms with Crippen molar-refractivity contribution in [3.8, 4) is 6.07 Å². The van der Waals surface area contributed by atoms with Gasteiger partial charge >= 0.3 is 0 Å². The van der Waals surface area contributed by atoms with Crippen LogP contribution >= 0.6 is 11.3 Å². The molecule has 0 aliphatic carbocycles. The van der Waals surface area contributed by atoms with Gasteiger partial charge in [-0.1, -0.05) is 6.07 Å². The van der Waals surface area contributed by atoms with Crippen LogP contribution in [-0.2, 0) is 13.0 Å². The third-order valence-corrected chi connectivity index (χ3v) is 3.79. The van der Waals surface area contributed by atoms with Crippen LogP contribution in [-0.4, -0.2) is 12.5 Å². The first-order valence-electron chi connectivity index (χ1n) is 6.43. The van der Waals surface area contributed by atoms with Crippen LogP contribution < -0.4 is 11.1 Å². The molecule has 0 atom stereocenters. The number of halogens is 1. The van der Waals surface area contributed by atoms with Gasteiger partial charge in [-0.25, -0.2) is 9.38 Å². The van der Waals surface area contributed by atoms with Gasteiger partial charge in [-0.05, 0) is 36.1 Å². The van der Waals surface area contributed by atoms with E-state index in [-0.39, 0.29) is 18.3 Å². The summed E-state index contributed by atoms with van der Waals surface area (Å²) in [5.41, 5.74) is 6.50. The molecule has 0 fully saturated rings. The summed E-state index contributed by atoms with van der Waals surface area (Å²) in [5, 5.41) is 13.8. The van der Waals surface area contributed by atoms with Crippen molar-refractivity contribution in [3.05, 3.63) is 57.5 Å². The first kappa shape index (κ1) is 15.0. The average Bonchev–Trinajstić information content (AvgIpc) is 3.00. The van der Waals surface area contributed by atoms with Gasteiger partial charge in [0.15, 0.2) is 5.96 Å². The number of hydrogen-bond donors (Lipinski definition) is 2. The Balaban J connectivity index is 1.87. The zero-order chi connectivity index (χ0) is 15.1. The summed E-state index contributed by atoms with van der Waals surface area (Å²) in [6, 6.07) is 10.2. The minimum Gasteiger partial charge on any atom is -0.370 e. The smallest absolute Gasteiger partial charge is 0.188 e. The lowest BCUT2D eigenvalue weighted by Gasteiger charge is -2.05. The van der Waals surface area contributed by atoms with E-state index in [9.17, 15) is 4.39 Å². The van der Waals surface area contributed by atoms with E-state index in [1.165, 1.54) is 23.1 Å². The third kappa shape index (κ3) is 4.58. The Morgan fingerprint density at radius 1 is 1.43 bits per heavy atom. The van der Waals surface area contributed by atoms with Gasteiger partial charge < -0.3 is 11.1 Å². The fourth-order valence-electron chi connectivity index (χ4n) is 1.76. The van der Waals surface area contributed by atoms with Crippen molar-refractivity contribution >= 4 is 17.3 Å². The fraction of sp³-hybridized carbons (Fsp3) is 0.200. The lowest BCUT2D eigenvalue weighted by Crippen LogP contribution is -2.33. The van der Waals surface area contributed by atoms with Crippen molar-refractivity contribution in [1.29, 1.82) is 5.26 Å². The maximum absolute atomic E-state index is 13.6. The zero-order valence-corrected chi connectivity index (χ0v) is 12.2. The molecule has 108 valence electrons. The standard InChI is InChI=1S/C15H15FN4S/c16-14-4-3-11(9-17)8-12(14)10-20-15(18)19-6-5-13-2-1-7-21-13/h1-4,7-8H,5-6,10H2,(H3,18,19,20). The van der Waals surface area contributed by atoms with E-state index < -0.39 is 0 Å². The van der Waals surface area contributed by atoms with Crippen LogP contribution in [0.25, 0.3) is 0 Å². The Bertz CT molecular complexity index is 659. The minimum atomic E-state index is -0.385. The molecule has 3 N–H and O–H groups in total. The third-order valence-electron chi connectivity index (χ3n) is 2.85. The molecular weight excluding hydrogens is 287 g/mol. The summed E-state index contributed by atoms with van der Waals surface area (Å²) in [7, 11) is 0. The van der Waals surface area contributed by atoms with Crippen LogP contribution in [0.2, 0.25) is 0 Å². The predicted octanol–water partition coefficient (Wildman–Crippen LogP) is 2.41. The van der Waals surface area contributed by atoms with E-state index >= 15 is 0 Å². The monoisotopic (exact) mass is 302 g/mol. The molecule has 1 aromatic carbocycles. The molecule has 2 rings (SSSR count). The van der Waals surface area contributed by atoms with Crippen molar-refractivity contribution in [2.45, 2.75) is 13.0 Å². The van der Waals surface area contributed by atoms with Gasteiger partial charge in [0.1, 0.15) is 5.82 Å². The molecule has 0 radical (unpaired) electrons. The average molecular weight is 302 g/mol. The van der Waals surface area contributed by atoms with Crippen LogP contribution in [0.1, 0.15) is 16.0 Å². The molecule has 21 heavy (non-hydrogen) atoms. The second kappa shape index (κ2) is 7.41. The minimum absolute atomic E-state index is 0.110. The van der Waals surface area contributed by atoms with Gasteiger partial charge in [0.05, 0.1) is 18.2 Å². The normalized spacial score (nSPS) is 11.1. The fourth-order valence-corrected chi connectivity index (χ4v) is 2.47. The van der Waals surface area contributed by atoms with Gasteiger partial charge in [0.25, 0.3) is 0 Å². The van der Waals surface area contributed by atoms with E-state index in [4.69, 9.17) is 11.0 Å². The van der Waals surface area contributed by atoms with Crippen LogP contribution in [0, 0.1) is 17.1 Å². The number of aliphatic imine (C=N–C) groups is 1. The number of nitrogens with zero attached hydrogens (tertiary/aromatic N) is 2. The molecule has 6 heteroatoms. The number of hydrogen-bond acceptors (Lipinski definition) is 3. The Labute approximate surface area is 126 Å². The van der Waals surface area contributed by atoms with Crippen LogP contribution in [0.3, 0.4) is 0 Å². The maximum atomic E-state index is 13.6. The number of benzene rings is 1. The van der Waals surface area contributed by atoms with Gasteiger partial charge in [-0.15, -0.1) is 11.3 Å². The van der Waals surface area contributed by atoms with Crippen LogP contribution in [0.4, 0.5) is 4.39 Å². The topological polar surface area (TPSA) is 74.2 Å². The highest BCUT2D eigenvalue weighted by Crippen LogP contribution is 2.11. The van der Waals surface area contributed by atoms with Crippen molar-refractivity contribution in [2.75, 3.05) is 6.54 Å². The van der Waals surface area contributed by atoms with E-state index in [0.717, 1.165) is 6.42 Å². The van der Waals surface area contributed by atoms with Crippen molar-refractivity contribution in [1.82, 2.24) is 5.32 Å². The molecule has 0 aliphatic heterocycles. The molecule has 0 saturated carbocycles. The number of nitrogens with one attached hydrogen (secondary N) is 1. The summed E-state index contributed by atoms with van der Waals surface area (Å²) < 4.78 is 13.6. The van der Waals surface area contributed by atoms with E-state index in [2.05, 4.69) is 16.4 Å². The molecule has 0 amide bonds. The summed E-state index contributed by atoms with van der Waals surface area (Å²) in [5.74, 6) is -0.113. The Kier molecular flexibility index (Phi) is 5.29. The quantitative estimate of drug-likeness (QED) is 0.658. The predicted molar refractivity (Wildman–Crippen MR) is 82.5 cm³/mol. The van der Waals surface area contributed by atoms with E-state index in [1.807, 2.05) is 17.5 Å². The molecule has 4 nitrogen and oxygen atoms in total. The van der Waals surface area contributed by atoms with Crippen LogP contribution in [0.15, 0.2) is 40.7 Å². The van der Waals surface area contributed by atoms with Gasteiger partial charge in [-0.2, -0.15) is 5.26 Å². The molecule has 2 aromatic rings. The van der Waals surface area contributed by atoms with Crippen LogP contribution in [0.5, 0.6) is 0 Å². The van der Waals surface area contributed by atoms with E-state index in [0.29, 0.717) is 17.7 Å². The van der Waals surface area contributed by atoms with Gasteiger partial charge in [-0.3, -0.25) is 0 Å². The summed E-state index contributed by atoms with van der Waals surface area (Å²) in [6.07, 6.45) is 0.867. The SMILES string of the molecule is N#Cc1ccc(F)c(CN=C(N)NCCc2cccs2)c1. The molecule has 0 unspecified atom stereocenters. The molecule has 0 saturated heterocycles. The lowest BCUT2D eigenvalue weighted by atomic mass is 10.1. The summed E-state index contributed by atoms with van der Waals surface area (Å²) >= 11 is 1.69. The number of rotatable bonds is 5. The van der Waals surface area contributed by atoms with Crippen molar-refractivity contribution in [2.24, 2.45) is 10.7 Å². The summed E-state index contributed by atoms with van der Waals surface area (Å²) in [6.45, 7) is 0.787. The Morgan fingerprint density at radius 3 is 3.00 bits per heavy atom. The second-order valence-corrected chi connectivity index (χ2v) is 5.41. The summed E-state index contributed by atoms with van der Waals surface area (Å²) in [4.78, 5) is 5.35. The molecule has 0 aliphatic rings. The highest BCUT2D eigenvalue weighted by atomic mass is 32.1.